The Labute approximate surface area is 88.7 Å². The van der Waals surface area contributed by atoms with Gasteiger partial charge in [-0.2, -0.15) is 5.26 Å². The van der Waals surface area contributed by atoms with Gasteiger partial charge in [0.25, 0.3) is 0 Å². The maximum Gasteiger partial charge on any atom is 0.145 e. The van der Waals surface area contributed by atoms with Gasteiger partial charge in [-0.15, -0.1) is 0 Å². The van der Waals surface area contributed by atoms with E-state index in [-0.39, 0.29) is 0 Å². The Morgan fingerprint density at radius 2 is 2.43 bits per heavy atom. The zero-order valence-electron chi connectivity index (χ0n) is 8.13. The molecule has 1 aromatic rings. The van der Waals surface area contributed by atoms with Gasteiger partial charge in [-0.05, 0) is 19.9 Å². The minimum atomic E-state index is -0.430. The van der Waals surface area contributed by atoms with E-state index in [4.69, 9.17) is 16.9 Å². The van der Waals surface area contributed by atoms with Crippen LogP contribution in [-0.4, -0.2) is 11.5 Å². The summed E-state index contributed by atoms with van der Waals surface area (Å²) in [5, 5.41) is 12.2. The smallest absolute Gasteiger partial charge is 0.145 e. The number of nitrogens with zero attached hydrogens (tertiary/aromatic N) is 2. The Bertz CT molecular complexity index is 355. The molecule has 1 radical (unpaired) electrons. The summed E-state index contributed by atoms with van der Waals surface area (Å²) in [6.45, 7) is 4.20. The molecular formula is C10H11ClN3. The van der Waals surface area contributed by atoms with Crippen molar-refractivity contribution in [3.8, 4) is 6.07 Å². The minimum absolute atomic E-state index is 0.430. The van der Waals surface area contributed by atoms with E-state index in [0.29, 0.717) is 17.4 Å². The highest BCUT2D eigenvalue weighted by Crippen LogP contribution is 2.19. The monoisotopic (exact) mass is 208 g/mol. The molecule has 1 aromatic heterocycles. The molecule has 14 heavy (non-hydrogen) atoms. The molecule has 0 saturated carbocycles. The fraction of sp³-hybridized carbons (Fsp3) is 0.400. The van der Waals surface area contributed by atoms with Crippen molar-refractivity contribution >= 4 is 17.4 Å². The first kappa shape index (κ1) is 10.8. The Morgan fingerprint density at radius 3 is 3.00 bits per heavy atom. The molecule has 0 aliphatic heterocycles. The fourth-order valence-corrected chi connectivity index (χ4v) is 0.993. The van der Waals surface area contributed by atoms with Crippen LogP contribution in [0.5, 0.6) is 0 Å². The number of rotatable bonds is 3. The Balaban J connectivity index is 2.64. The average molecular weight is 209 g/mol. The summed E-state index contributed by atoms with van der Waals surface area (Å²) in [6, 6.07) is 6.64. The first-order chi connectivity index (χ1) is 6.55. The van der Waals surface area contributed by atoms with Crippen LogP contribution in [0.1, 0.15) is 13.8 Å². The molecule has 0 unspecified atom stereocenters. The third-order valence-electron chi connectivity index (χ3n) is 1.70. The van der Waals surface area contributed by atoms with Crippen molar-refractivity contribution < 1.29 is 0 Å². The second kappa shape index (κ2) is 4.30. The number of anilines is 1. The summed E-state index contributed by atoms with van der Waals surface area (Å²) < 4.78 is 0. The van der Waals surface area contributed by atoms with E-state index < -0.39 is 5.41 Å². The van der Waals surface area contributed by atoms with Crippen molar-refractivity contribution in [3.63, 3.8) is 0 Å². The molecule has 73 valence electrons. The van der Waals surface area contributed by atoms with Gasteiger partial charge in [-0.25, -0.2) is 4.98 Å². The number of pyridine rings is 1. The second-order valence-corrected chi connectivity index (χ2v) is 3.98. The molecule has 0 atom stereocenters. The van der Waals surface area contributed by atoms with Crippen molar-refractivity contribution in [1.82, 2.24) is 4.98 Å². The molecule has 1 heterocycles. The number of halogens is 1. The molecule has 1 N–H and O–H groups in total. The SMILES string of the molecule is CC(C)(C#N)CNc1ncc[c]c1Cl. The van der Waals surface area contributed by atoms with Crippen molar-refractivity contribution in [1.29, 1.82) is 5.26 Å². The van der Waals surface area contributed by atoms with E-state index >= 15 is 0 Å². The fourth-order valence-electron chi connectivity index (χ4n) is 0.815. The molecule has 3 nitrogen and oxygen atoms in total. The van der Waals surface area contributed by atoms with Crippen LogP contribution in [0.15, 0.2) is 12.3 Å². The van der Waals surface area contributed by atoms with Gasteiger partial charge < -0.3 is 5.32 Å². The molecule has 0 aliphatic carbocycles. The molecule has 0 bridgehead atoms. The average Bonchev–Trinajstić information content (AvgIpc) is 2.17. The maximum absolute atomic E-state index is 8.79. The highest BCUT2D eigenvalue weighted by atomic mass is 35.5. The van der Waals surface area contributed by atoms with Gasteiger partial charge >= 0.3 is 0 Å². The second-order valence-electron chi connectivity index (χ2n) is 3.60. The minimum Gasteiger partial charge on any atom is -0.367 e. The van der Waals surface area contributed by atoms with Gasteiger partial charge in [0.15, 0.2) is 0 Å². The Hall–Kier alpha value is -1.27. The van der Waals surface area contributed by atoms with Crippen LogP contribution in [0.25, 0.3) is 0 Å². The number of nitriles is 1. The first-order valence-corrected chi connectivity index (χ1v) is 4.60. The van der Waals surface area contributed by atoms with Gasteiger partial charge in [0, 0.05) is 18.8 Å². The van der Waals surface area contributed by atoms with E-state index in [1.807, 2.05) is 13.8 Å². The molecule has 0 amide bonds. The molecule has 0 fully saturated rings. The lowest BCUT2D eigenvalue weighted by atomic mass is 9.96. The topological polar surface area (TPSA) is 48.7 Å². The molecular weight excluding hydrogens is 198 g/mol. The van der Waals surface area contributed by atoms with E-state index in [9.17, 15) is 0 Å². The predicted octanol–water partition coefficient (Wildman–Crippen LogP) is 2.50. The van der Waals surface area contributed by atoms with Crippen LogP contribution in [0.4, 0.5) is 5.82 Å². The van der Waals surface area contributed by atoms with Gasteiger partial charge in [-0.1, -0.05) is 11.6 Å². The molecule has 0 spiro atoms. The lowest BCUT2D eigenvalue weighted by Gasteiger charge is -2.16. The molecule has 0 saturated heterocycles. The Kier molecular flexibility index (Phi) is 3.32. The van der Waals surface area contributed by atoms with Crippen molar-refractivity contribution in [2.24, 2.45) is 5.41 Å². The molecule has 0 aliphatic rings. The summed E-state index contributed by atoms with van der Waals surface area (Å²) in [6.07, 6.45) is 1.60. The largest absolute Gasteiger partial charge is 0.367 e. The highest BCUT2D eigenvalue weighted by molar-refractivity contribution is 6.32. The molecule has 0 aromatic carbocycles. The summed E-state index contributed by atoms with van der Waals surface area (Å²) in [5.74, 6) is 0.567. The maximum atomic E-state index is 8.79. The predicted molar refractivity (Wildman–Crippen MR) is 56.0 cm³/mol. The zero-order chi connectivity index (χ0) is 10.6. The van der Waals surface area contributed by atoms with E-state index in [0.717, 1.165) is 0 Å². The van der Waals surface area contributed by atoms with Crippen molar-refractivity contribution in [2.75, 3.05) is 11.9 Å². The molecule has 4 heteroatoms. The van der Waals surface area contributed by atoms with Crippen LogP contribution in [0.2, 0.25) is 5.02 Å². The quantitative estimate of drug-likeness (QED) is 0.831. The van der Waals surface area contributed by atoms with Crippen LogP contribution >= 0.6 is 11.6 Å². The van der Waals surface area contributed by atoms with E-state index in [1.165, 1.54) is 0 Å². The third kappa shape index (κ3) is 2.90. The molecule has 1 rings (SSSR count). The number of aromatic nitrogens is 1. The number of hydrogen-bond donors (Lipinski definition) is 1. The standard InChI is InChI=1S/C10H11ClN3/c1-10(2,6-12)7-14-9-8(11)4-3-5-13-9/h3,5H,7H2,1-2H3,(H,13,14). The van der Waals surface area contributed by atoms with Gasteiger partial charge in [0.2, 0.25) is 0 Å². The Morgan fingerprint density at radius 1 is 1.71 bits per heavy atom. The highest BCUT2D eigenvalue weighted by Gasteiger charge is 2.16. The van der Waals surface area contributed by atoms with E-state index in [2.05, 4.69) is 22.4 Å². The summed E-state index contributed by atoms with van der Waals surface area (Å²) in [5.41, 5.74) is -0.430. The van der Waals surface area contributed by atoms with E-state index in [1.54, 1.807) is 12.3 Å². The van der Waals surface area contributed by atoms with Gasteiger partial charge in [-0.3, -0.25) is 0 Å². The first-order valence-electron chi connectivity index (χ1n) is 4.22. The van der Waals surface area contributed by atoms with Gasteiger partial charge in [0.1, 0.15) is 5.82 Å². The third-order valence-corrected chi connectivity index (χ3v) is 1.98. The summed E-state index contributed by atoms with van der Waals surface area (Å²) >= 11 is 5.83. The van der Waals surface area contributed by atoms with Crippen LogP contribution < -0.4 is 5.32 Å². The summed E-state index contributed by atoms with van der Waals surface area (Å²) in [4.78, 5) is 4.03. The van der Waals surface area contributed by atoms with Crippen LogP contribution in [0.3, 0.4) is 0 Å². The number of hydrogen-bond acceptors (Lipinski definition) is 3. The van der Waals surface area contributed by atoms with Gasteiger partial charge in [0.05, 0.1) is 16.5 Å². The normalized spacial score (nSPS) is 10.7. The summed E-state index contributed by atoms with van der Waals surface area (Å²) in [7, 11) is 0. The van der Waals surface area contributed by atoms with Crippen molar-refractivity contribution in [2.45, 2.75) is 13.8 Å². The number of nitrogens with one attached hydrogen (secondary N) is 1. The lowest BCUT2D eigenvalue weighted by Crippen LogP contribution is -2.21. The van der Waals surface area contributed by atoms with Crippen LogP contribution in [0, 0.1) is 22.8 Å². The van der Waals surface area contributed by atoms with Crippen molar-refractivity contribution in [3.05, 3.63) is 23.4 Å². The lowest BCUT2D eigenvalue weighted by molar-refractivity contribution is 0.528. The van der Waals surface area contributed by atoms with Crippen LogP contribution in [-0.2, 0) is 0 Å². The zero-order valence-corrected chi connectivity index (χ0v) is 8.89.